The van der Waals surface area contributed by atoms with Crippen molar-refractivity contribution in [2.75, 3.05) is 4.81 Å². The molecule has 3 heteroatoms. The van der Waals surface area contributed by atoms with Crippen molar-refractivity contribution in [3.05, 3.63) is 208 Å². The van der Waals surface area contributed by atoms with Gasteiger partial charge in [0.05, 0.1) is 11.0 Å². The number of hydrogen-bond donors (Lipinski definition) is 0. The molecule has 6 aliphatic carbocycles. The van der Waals surface area contributed by atoms with Crippen LogP contribution >= 0.6 is 0 Å². The van der Waals surface area contributed by atoms with Crippen LogP contribution in [0, 0.1) is 11.8 Å². The fourth-order valence-corrected chi connectivity index (χ4v) is 16.2. The first kappa shape index (κ1) is 41.4. The molecule has 17 rings (SSSR count). The zero-order chi connectivity index (χ0) is 48.7. The van der Waals surface area contributed by atoms with Crippen LogP contribution in [0.2, 0.25) is 0 Å². The molecule has 9 aromatic rings. The molecular formula is C70H59BN2. The summed E-state index contributed by atoms with van der Waals surface area (Å²) in [7, 11) is 0. The molecule has 3 heterocycles. The number of allylic oxidation sites excluding steroid dienone is 4. The van der Waals surface area contributed by atoms with Gasteiger partial charge in [0, 0.05) is 44.2 Å². The monoisotopic (exact) mass is 938 g/mol. The molecule has 0 amide bonds. The molecule has 4 unspecified atom stereocenters. The first-order chi connectivity index (χ1) is 35.4. The molecule has 1 aromatic heterocycles. The van der Waals surface area contributed by atoms with E-state index in [1.807, 2.05) is 0 Å². The van der Waals surface area contributed by atoms with Crippen LogP contribution in [0.4, 0.5) is 11.4 Å². The Morgan fingerprint density at radius 3 is 1.82 bits per heavy atom. The van der Waals surface area contributed by atoms with Crippen LogP contribution in [0.1, 0.15) is 113 Å². The number of nitrogens with zero attached hydrogens (tertiary/aromatic N) is 2. The smallest absolute Gasteiger partial charge is 0.333 e. The Balaban J connectivity index is 1.03. The summed E-state index contributed by atoms with van der Waals surface area (Å²) in [6.07, 6.45) is 12.5. The van der Waals surface area contributed by atoms with E-state index in [0.717, 1.165) is 24.7 Å². The lowest BCUT2D eigenvalue weighted by molar-refractivity contribution is 0.407. The maximum Gasteiger partial charge on any atom is 0.333 e. The Labute approximate surface area is 430 Å². The van der Waals surface area contributed by atoms with Crippen molar-refractivity contribution in [1.82, 2.24) is 4.57 Å². The Kier molecular flexibility index (Phi) is 7.68. The lowest BCUT2D eigenvalue weighted by Crippen LogP contribution is -2.61. The van der Waals surface area contributed by atoms with Gasteiger partial charge in [-0.1, -0.05) is 168 Å². The average molecular weight is 939 g/mol. The van der Waals surface area contributed by atoms with Gasteiger partial charge in [-0.2, -0.15) is 0 Å². The molecule has 0 radical (unpaired) electrons. The lowest BCUT2D eigenvalue weighted by atomic mass is 9.43. The summed E-state index contributed by atoms with van der Waals surface area (Å²) in [6, 6.07) is 60.2. The van der Waals surface area contributed by atoms with Crippen LogP contribution in [0.15, 0.2) is 175 Å². The predicted octanol–water partition coefficient (Wildman–Crippen LogP) is 16.3. The zero-order valence-electron chi connectivity index (χ0n) is 43.0. The minimum atomic E-state index is -0.238. The minimum Gasteiger partial charge on any atom is -0.376 e. The number of fused-ring (bicyclic) bond motifs is 16. The summed E-state index contributed by atoms with van der Waals surface area (Å²) >= 11 is 0. The van der Waals surface area contributed by atoms with Crippen LogP contribution < -0.4 is 15.7 Å². The van der Waals surface area contributed by atoms with E-state index in [0.29, 0.717) is 0 Å². The predicted molar refractivity (Wildman–Crippen MR) is 306 cm³/mol. The van der Waals surface area contributed by atoms with Crippen molar-refractivity contribution in [3.63, 3.8) is 0 Å². The molecule has 2 nitrogen and oxygen atoms in total. The average Bonchev–Trinajstić information content (AvgIpc) is 4.31. The van der Waals surface area contributed by atoms with E-state index in [-0.39, 0.29) is 28.5 Å². The number of hydrogen-bond acceptors (Lipinski definition) is 1. The number of rotatable bonds is 4. The van der Waals surface area contributed by atoms with Gasteiger partial charge in [-0.3, -0.25) is 0 Å². The van der Waals surface area contributed by atoms with Gasteiger partial charge >= 0.3 is 6.85 Å². The fraction of sp³-hybridized carbons (Fsp3) is 0.257. The molecule has 0 spiro atoms. The van der Waals surface area contributed by atoms with E-state index in [2.05, 4.69) is 215 Å². The third-order valence-electron chi connectivity index (χ3n) is 20.4. The quantitative estimate of drug-likeness (QED) is 0.126. The normalized spacial score (nSPS) is 24.1. The highest BCUT2D eigenvalue weighted by molar-refractivity contribution is 6.93. The van der Waals surface area contributed by atoms with Gasteiger partial charge in [-0.25, -0.2) is 0 Å². The summed E-state index contributed by atoms with van der Waals surface area (Å²) in [6.45, 7) is 15.0. The summed E-state index contributed by atoms with van der Waals surface area (Å²) in [5, 5.41) is 2.84. The maximum absolute atomic E-state index is 2.81. The number of benzene rings is 8. The van der Waals surface area contributed by atoms with Crippen molar-refractivity contribution in [2.24, 2.45) is 11.8 Å². The van der Waals surface area contributed by atoms with E-state index in [4.69, 9.17) is 0 Å². The lowest BCUT2D eigenvalue weighted by Gasteiger charge is -2.44. The van der Waals surface area contributed by atoms with Gasteiger partial charge in [0.2, 0.25) is 0 Å². The minimum absolute atomic E-state index is 0.0416. The standard InChI is InChI=1S/C70H59BN2/c1-67(2)57-18-12-10-16-49(57)51-35-53-55-36-54-50-17-11-13-19-58(50)68(3,4)63(54)66-64(55)71(73(62(53)37-59(51)67)48-23-20-41(21-24-48)40-14-8-7-9-15-40)60-34-47(70(6)29-27-43-31-45(43)39-70)33-56-52-32-46(22-25-61(52)72(66)65(56)60)69(5)28-26-42-30-44(42)38-69/h7-27,32-37,44-45H,28-31,38-39H2,1-6H3. The number of anilines is 2. The molecule has 73 heavy (non-hydrogen) atoms. The molecule has 2 saturated carbocycles. The van der Waals surface area contributed by atoms with Gasteiger partial charge in [0.1, 0.15) is 0 Å². The van der Waals surface area contributed by atoms with Crippen LogP contribution in [-0.2, 0) is 21.7 Å². The molecule has 2 fully saturated rings. The third-order valence-corrected chi connectivity index (χ3v) is 20.4. The highest BCUT2D eigenvalue weighted by Gasteiger charge is 2.52. The second kappa shape index (κ2) is 13.5. The maximum atomic E-state index is 2.81. The third kappa shape index (κ3) is 5.31. The van der Waals surface area contributed by atoms with Crippen LogP contribution in [-0.4, -0.2) is 11.4 Å². The SMILES string of the molecule is CC1(c2ccc3c(c2)c2cc(C4(C)CC=C5CC5C4)cc4c2n3-c2c3c(cc5c2C(C)(C)c2ccccc2-5)-c2cc5c(cc2N(c2ccc(-c6ccccc6)cc2)B34)C(C)(C)c2ccccc2-5)CC=C2CC2C1. The second-order valence-electron chi connectivity index (χ2n) is 25.4. The first-order valence-electron chi connectivity index (χ1n) is 27.4. The van der Waals surface area contributed by atoms with Gasteiger partial charge in [0.15, 0.2) is 0 Å². The van der Waals surface area contributed by atoms with E-state index in [9.17, 15) is 0 Å². The van der Waals surface area contributed by atoms with Crippen molar-refractivity contribution < 1.29 is 0 Å². The topological polar surface area (TPSA) is 8.17 Å². The van der Waals surface area contributed by atoms with E-state index < -0.39 is 0 Å². The summed E-state index contributed by atoms with van der Waals surface area (Å²) in [4.78, 5) is 2.81. The van der Waals surface area contributed by atoms with E-state index >= 15 is 0 Å². The molecule has 8 aromatic carbocycles. The summed E-state index contributed by atoms with van der Waals surface area (Å²) < 4.78 is 2.81. The Bertz CT molecular complexity index is 4080. The van der Waals surface area contributed by atoms with Gasteiger partial charge in [-0.05, 0) is 193 Å². The molecule has 2 aliphatic heterocycles. The Morgan fingerprint density at radius 2 is 1.11 bits per heavy atom. The molecule has 4 atom stereocenters. The van der Waals surface area contributed by atoms with Crippen LogP contribution in [0.5, 0.6) is 0 Å². The van der Waals surface area contributed by atoms with Crippen LogP contribution in [0.3, 0.4) is 0 Å². The summed E-state index contributed by atoms with van der Waals surface area (Å²) in [5.74, 6) is 1.48. The second-order valence-corrected chi connectivity index (χ2v) is 25.4. The molecule has 8 aliphatic rings. The first-order valence-corrected chi connectivity index (χ1v) is 27.4. The fourth-order valence-electron chi connectivity index (χ4n) is 16.2. The molecular weight excluding hydrogens is 880 g/mol. The molecule has 352 valence electrons. The molecule has 0 bridgehead atoms. The van der Waals surface area contributed by atoms with Crippen molar-refractivity contribution in [1.29, 1.82) is 0 Å². The van der Waals surface area contributed by atoms with Gasteiger partial charge < -0.3 is 9.38 Å². The van der Waals surface area contributed by atoms with E-state index in [1.165, 1.54) is 153 Å². The van der Waals surface area contributed by atoms with Crippen LogP contribution in [0.25, 0.3) is 72.0 Å². The Hall–Kier alpha value is -7.10. The number of aromatic nitrogens is 1. The van der Waals surface area contributed by atoms with Crippen molar-refractivity contribution in [2.45, 2.75) is 102 Å². The van der Waals surface area contributed by atoms with Crippen molar-refractivity contribution >= 4 is 51.0 Å². The Morgan fingerprint density at radius 1 is 0.493 bits per heavy atom. The largest absolute Gasteiger partial charge is 0.376 e. The van der Waals surface area contributed by atoms with E-state index in [1.54, 1.807) is 11.1 Å². The van der Waals surface area contributed by atoms with Crippen molar-refractivity contribution in [3.8, 4) is 50.2 Å². The molecule has 0 saturated heterocycles. The van der Waals surface area contributed by atoms with Gasteiger partial charge in [-0.15, -0.1) is 0 Å². The highest BCUT2D eigenvalue weighted by Crippen LogP contribution is 2.60. The zero-order valence-corrected chi connectivity index (χ0v) is 43.0. The molecule has 0 N–H and O–H groups in total. The highest BCUT2D eigenvalue weighted by atomic mass is 15.1. The van der Waals surface area contributed by atoms with Gasteiger partial charge in [0.25, 0.3) is 0 Å². The summed E-state index contributed by atoms with van der Waals surface area (Å²) in [5.41, 5.74) is 32.1.